The molecule has 2 aliphatic heterocycles. The van der Waals surface area contributed by atoms with Gasteiger partial charge in [-0.25, -0.2) is 4.79 Å². The number of nitrogens with one attached hydrogen (secondary N) is 3. The predicted octanol–water partition coefficient (Wildman–Crippen LogP) is -0.949. The minimum Gasteiger partial charge on any atom is -0.368 e. The molecule has 0 bridgehead atoms. The Balaban J connectivity index is 1.33. The van der Waals surface area contributed by atoms with E-state index in [1.165, 1.54) is 6.42 Å². The minimum atomic E-state index is -0.381. The van der Waals surface area contributed by atoms with E-state index in [9.17, 15) is 14.4 Å². The maximum absolute atomic E-state index is 12.3. The summed E-state index contributed by atoms with van der Waals surface area (Å²) in [6.07, 6.45) is 6.97. The molecular weight excluding hydrogens is 336 g/mol. The lowest BCUT2D eigenvalue weighted by Gasteiger charge is -2.33. The SMILES string of the molecule is O=C(C[NH+]1CCN(C(=O)[C@@H]2CCCO2)CC1)NC(=O)NC1CCCCC1. The van der Waals surface area contributed by atoms with Crippen LogP contribution in [0.25, 0.3) is 0 Å². The second kappa shape index (κ2) is 9.32. The van der Waals surface area contributed by atoms with E-state index in [2.05, 4.69) is 10.6 Å². The molecule has 0 unspecified atom stereocenters. The normalized spacial score (nSPS) is 25.1. The average Bonchev–Trinajstić information content (AvgIpc) is 3.17. The van der Waals surface area contributed by atoms with Crippen LogP contribution in [-0.2, 0) is 14.3 Å². The number of hydrogen-bond acceptors (Lipinski definition) is 4. The Morgan fingerprint density at radius 3 is 2.38 bits per heavy atom. The van der Waals surface area contributed by atoms with Crippen molar-refractivity contribution in [2.24, 2.45) is 0 Å². The van der Waals surface area contributed by atoms with Crippen LogP contribution in [0.1, 0.15) is 44.9 Å². The molecule has 26 heavy (non-hydrogen) atoms. The van der Waals surface area contributed by atoms with Crippen LogP contribution in [0.2, 0.25) is 0 Å². The molecule has 2 saturated heterocycles. The summed E-state index contributed by atoms with van der Waals surface area (Å²) in [6, 6.07) is -0.190. The van der Waals surface area contributed by atoms with E-state index in [4.69, 9.17) is 4.74 Å². The van der Waals surface area contributed by atoms with Gasteiger partial charge in [0.1, 0.15) is 6.10 Å². The third-order valence-electron chi connectivity index (χ3n) is 5.59. The van der Waals surface area contributed by atoms with Gasteiger partial charge in [-0.3, -0.25) is 14.9 Å². The number of ether oxygens (including phenoxy) is 1. The molecule has 8 heteroatoms. The first-order valence-electron chi connectivity index (χ1n) is 9.96. The van der Waals surface area contributed by atoms with Gasteiger partial charge in [-0.05, 0) is 25.7 Å². The first-order valence-corrected chi connectivity index (χ1v) is 9.96. The summed E-state index contributed by atoms with van der Waals surface area (Å²) in [6.45, 7) is 3.64. The number of imide groups is 1. The summed E-state index contributed by atoms with van der Waals surface area (Å²) in [5.41, 5.74) is 0. The van der Waals surface area contributed by atoms with Crippen LogP contribution in [0.3, 0.4) is 0 Å². The monoisotopic (exact) mass is 367 g/mol. The number of carbonyl (C=O) groups is 3. The highest BCUT2D eigenvalue weighted by atomic mass is 16.5. The van der Waals surface area contributed by atoms with E-state index in [1.54, 1.807) is 0 Å². The number of quaternary nitrogens is 1. The fraction of sp³-hybridized carbons (Fsp3) is 0.833. The highest BCUT2D eigenvalue weighted by Crippen LogP contribution is 2.17. The Morgan fingerprint density at radius 1 is 1.00 bits per heavy atom. The third-order valence-corrected chi connectivity index (χ3v) is 5.59. The zero-order valence-corrected chi connectivity index (χ0v) is 15.4. The molecule has 8 nitrogen and oxygen atoms in total. The molecule has 0 radical (unpaired) electrons. The van der Waals surface area contributed by atoms with Crippen LogP contribution >= 0.6 is 0 Å². The molecule has 3 rings (SSSR count). The molecule has 3 N–H and O–H groups in total. The molecule has 3 aliphatic rings. The third kappa shape index (κ3) is 5.41. The number of amides is 4. The molecule has 4 amide bonds. The highest BCUT2D eigenvalue weighted by Gasteiger charge is 2.32. The fourth-order valence-corrected chi connectivity index (χ4v) is 4.06. The number of urea groups is 1. The summed E-state index contributed by atoms with van der Waals surface area (Å²) in [5.74, 6) is -0.176. The summed E-state index contributed by atoms with van der Waals surface area (Å²) in [4.78, 5) is 39.3. The van der Waals surface area contributed by atoms with E-state index < -0.39 is 0 Å². The smallest absolute Gasteiger partial charge is 0.321 e. The molecule has 0 aromatic heterocycles. The topological polar surface area (TPSA) is 92.2 Å². The van der Waals surface area contributed by atoms with Crippen LogP contribution in [0.4, 0.5) is 4.79 Å². The fourth-order valence-electron chi connectivity index (χ4n) is 4.06. The van der Waals surface area contributed by atoms with E-state index in [0.29, 0.717) is 19.7 Å². The molecule has 1 saturated carbocycles. The molecule has 2 heterocycles. The number of hydrogen-bond donors (Lipinski definition) is 3. The minimum absolute atomic E-state index is 0.0814. The first kappa shape index (κ1) is 19.1. The Labute approximate surface area is 154 Å². The first-order chi connectivity index (χ1) is 12.6. The van der Waals surface area contributed by atoms with Crippen LogP contribution in [-0.4, -0.2) is 74.2 Å². The summed E-state index contributed by atoms with van der Waals surface area (Å²) in [7, 11) is 0. The van der Waals surface area contributed by atoms with E-state index in [0.717, 1.165) is 56.5 Å². The van der Waals surface area contributed by atoms with Crippen molar-refractivity contribution in [2.45, 2.75) is 57.1 Å². The highest BCUT2D eigenvalue weighted by molar-refractivity contribution is 5.94. The molecule has 0 aromatic rings. The summed E-state index contributed by atoms with van der Waals surface area (Å²) in [5, 5.41) is 5.34. The lowest BCUT2D eigenvalue weighted by Crippen LogP contribution is -3.16. The maximum Gasteiger partial charge on any atom is 0.321 e. The molecule has 3 fully saturated rings. The zero-order chi connectivity index (χ0) is 18.4. The van der Waals surface area contributed by atoms with Gasteiger partial charge < -0.3 is 19.9 Å². The van der Waals surface area contributed by atoms with Gasteiger partial charge in [-0.15, -0.1) is 0 Å². The predicted molar refractivity (Wildman–Crippen MR) is 94.7 cm³/mol. The summed E-state index contributed by atoms with van der Waals surface area (Å²) < 4.78 is 5.46. The van der Waals surface area contributed by atoms with E-state index in [1.807, 2.05) is 4.90 Å². The van der Waals surface area contributed by atoms with E-state index in [-0.39, 0.29) is 36.5 Å². The van der Waals surface area contributed by atoms with Crippen molar-refractivity contribution in [2.75, 3.05) is 39.3 Å². The van der Waals surface area contributed by atoms with Gasteiger partial charge in [0.2, 0.25) is 0 Å². The second-order valence-electron chi connectivity index (χ2n) is 7.61. The van der Waals surface area contributed by atoms with Gasteiger partial charge in [-0.2, -0.15) is 0 Å². The van der Waals surface area contributed by atoms with Crippen molar-refractivity contribution in [3.63, 3.8) is 0 Å². The molecule has 0 aromatic carbocycles. The molecule has 146 valence electrons. The van der Waals surface area contributed by atoms with Crippen LogP contribution in [0.5, 0.6) is 0 Å². The standard InChI is InChI=1S/C18H30N4O4/c23-16(20-18(25)19-14-5-2-1-3-6-14)13-21-8-10-22(11-9-21)17(24)15-7-4-12-26-15/h14-15H,1-13H2,(H2,19,20,23,25)/p+1/t15-/m0/s1. The lowest BCUT2D eigenvalue weighted by atomic mass is 9.96. The largest absolute Gasteiger partial charge is 0.368 e. The molecule has 1 aliphatic carbocycles. The van der Waals surface area contributed by atoms with Crippen molar-refractivity contribution in [1.82, 2.24) is 15.5 Å². The van der Waals surface area contributed by atoms with Gasteiger partial charge in [0.25, 0.3) is 11.8 Å². The van der Waals surface area contributed by atoms with Crippen molar-refractivity contribution in [3.05, 3.63) is 0 Å². The molecule has 0 spiro atoms. The van der Waals surface area contributed by atoms with Crippen LogP contribution in [0.15, 0.2) is 0 Å². The van der Waals surface area contributed by atoms with E-state index >= 15 is 0 Å². The Hall–Kier alpha value is -1.67. The Kier molecular flexibility index (Phi) is 6.85. The molecular formula is C18H31N4O4+. The second-order valence-corrected chi connectivity index (χ2v) is 7.61. The van der Waals surface area contributed by atoms with Crippen molar-refractivity contribution in [3.8, 4) is 0 Å². The van der Waals surface area contributed by atoms with Crippen molar-refractivity contribution in [1.29, 1.82) is 0 Å². The number of piperazine rings is 1. The quantitative estimate of drug-likeness (QED) is 0.598. The average molecular weight is 367 g/mol. The lowest BCUT2D eigenvalue weighted by molar-refractivity contribution is -0.896. The van der Waals surface area contributed by atoms with Crippen molar-refractivity contribution < 1.29 is 24.0 Å². The maximum atomic E-state index is 12.3. The number of nitrogens with zero attached hydrogens (tertiary/aromatic N) is 1. The van der Waals surface area contributed by atoms with Gasteiger partial charge in [0.05, 0.1) is 26.2 Å². The van der Waals surface area contributed by atoms with Gasteiger partial charge in [0.15, 0.2) is 6.54 Å². The van der Waals surface area contributed by atoms with Gasteiger partial charge in [0, 0.05) is 12.6 Å². The van der Waals surface area contributed by atoms with Crippen molar-refractivity contribution >= 4 is 17.8 Å². The van der Waals surface area contributed by atoms with Crippen LogP contribution < -0.4 is 15.5 Å². The van der Waals surface area contributed by atoms with Gasteiger partial charge in [-0.1, -0.05) is 19.3 Å². The zero-order valence-electron chi connectivity index (χ0n) is 15.4. The van der Waals surface area contributed by atoms with Crippen LogP contribution in [0, 0.1) is 0 Å². The number of carbonyl (C=O) groups excluding carboxylic acids is 3. The summed E-state index contributed by atoms with van der Waals surface area (Å²) >= 11 is 0. The van der Waals surface area contributed by atoms with Gasteiger partial charge >= 0.3 is 6.03 Å². The Bertz CT molecular complexity index is 507. The molecule has 1 atom stereocenters. The Morgan fingerprint density at radius 2 is 1.73 bits per heavy atom. The number of rotatable bonds is 4.